The van der Waals surface area contributed by atoms with Gasteiger partial charge in [-0.05, 0) is 31.4 Å². The fourth-order valence-electron chi connectivity index (χ4n) is 2.85. The van der Waals surface area contributed by atoms with Crippen molar-refractivity contribution in [2.75, 3.05) is 33.4 Å². The molecule has 1 aromatic rings. The van der Waals surface area contributed by atoms with Gasteiger partial charge in [0.15, 0.2) is 0 Å². The van der Waals surface area contributed by atoms with E-state index in [1.807, 2.05) is 30.3 Å². The molecule has 0 aromatic heterocycles. The van der Waals surface area contributed by atoms with Crippen LogP contribution in [0.4, 0.5) is 0 Å². The molecule has 4 heteroatoms. The van der Waals surface area contributed by atoms with Crippen LogP contribution in [-0.4, -0.2) is 49.5 Å². The highest BCUT2D eigenvalue weighted by Crippen LogP contribution is 2.23. The van der Waals surface area contributed by atoms with Crippen LogP contribution in [0.1, 0.15) is 24.8 Å². The third kappa shape index (κ3) is 3.79. The number of piperidine rings is 1. The molecular formula is C16H26N2O2. The van der Waals surface area contributed by atoms with Gasteiger partial charge in [-0.3, -0.25) is 0 Å². The van der Waals surface area contributed by atoms with Crippen LogP contribution in [-0.2, 0) is 10.3 Å². The van der Waals surface area contributed by atoms with E-state index in [2.05, 4.69) is 4.90 Å². The van der Waals surface area contributed by atoms with Gasteiger partial charge in [0, 0.05) is 20.2 Å². The molecule has 2 unspecified atom stereocenters. The number of hydrogen-bond acceptors (Lipinski definition) is 4. The summed E-state index contributed by atoms with van der Waals surface area (Å²) in [5.41, 5.74) is 6.75. The zero-order valence-electron chi connectivity index (χ0n) is 12.3. The second kappa shape index (κ2) is 7.18. The largest absolute Gasteiger partial charge is 0.394 e. The van der Waals surface area contributed by atoms with Gasteiger partial charge in [-0.2, -0.15) is 0 Å². The van der Waals surface area contributed by atoms with Crippen LogP contribution in [0.25, 0.3) is 0 Å². The summed E-state index contributed by atoms with van der Waals surface area (Å²) in [6.07, 6.45) is 3.39. The van der Waals surface area contributed by atoms with Crippen LogP contribution in [0.3, 0.4) is 0 Å². The van der Waals surface area contributed by atoms with Crippen molar-refractivity contribution >= 4 is 0 Å². The van der Waals surface area contributed by atoms with E-state index in [1.54, 1.807) is 7.11 Å². The number of ether oxygens (including phenoxy) is 1. The number of aliphatic hydroxyl groups is 1. The highest BCUT2D eigenvalue weighted by molar-refractivity contribution is 5.24. The average Bonchev–Trinajstić information content (AvgIpc) is 2.53. The Balaban J connectivity index is 1.93. The van der Waals surface area contributed by atoms with E-state index in [0.717, 1.165) is 38.0 Å². The predicted octanol–water partition coefficient (Wildman–Crippen LogP) is 1.33. The zero-order chi connectivity index (χ0) is 14.4. The smallest absolute Gasteiger partial charge is 0.0698 e. The lowest BCUT2D eigenvalue weighted by atomic mass is 9.88. The number of methoxy groups -OCH3 is 1. The van der Waals surface area contributed by atoms with Crippen molar-refractivity contribution in [2.45, 2.75) is 30.9 Å². The van der Waals surface area contributed by atoms with Crippen LogP contribution in [0.15, 0.2) is 30.3 Å². The average molecular weight is 278 g/mol. The van der Waals surface area contributed by atoms with Crippen LogP contribution >= 0.6 is 0 Å². The molecule has 20 heavy (non-hydrogen) atoms. The molecule has 0 amide bonds. The highest BCUT2D eigenvalue weighted by Gasteiger charge is 2.28. The molecule has 0 saturated carbocycles. The molecule has 1 aliphatic rings. The van der Waals surface area contributed by atoms with Crippen molar-refractivity contribution in [3.63, 3.8) is 0 Å². The van der Waals surface area contributed by atoms with Gasteiger partial charge in [0.1, 0.15) is 0 Å². The minimum atomic E-state index is -0.652. The summed E-state index contributed by atoms with van der Waals surface area (Å²) in [6, 6.07) is 9.88. The fraction of sp³-hybridized carbons (Fsp3) is 0.625. The van der Waals surface area contributed by atoms with Crippen molar-refractivity contribution in [3.05, 3.63) is 35.9 Å². The maximum atomic E-state index is 9.70. The normalized spacial score (nSPS) is 23.4. The summed E-state index contributed by atoms with van der Waals surface area (Å²) in [4.78, 5) is 2.39. The number of rotatable bonds is 6. The molecule has 3 N–H and O–H groups in total. The lowest BCUT2D eigenvalue weighted by Crippen LogP contribution is -2.46. The number of nitrogens with two attached hydrogens (primary N) is 1. The Kier molecular flexibility index (Phi) is 5.54. The van der Waals surface area contributed by atoms with Gasteiger partial charge in [0.05, 0.1) is 18.2 Å². The highest BCUT2D eigenvalue weighted by atomic mass is 16.5. The molecule has 0 aliphatic carbocycles. The molecule has 2 atom stereocenters. The third-order valence-electron chi connectivity index (χ3n) is 4.30. The van der Waals surface area contributed by atoms with E-state index in [-0.39, 0.29) is 6.61 Å². The number of nitrogens with zero attached hydrogens (tertiary/aromatic N) is 1. The molecule has 4 nitrogen and oxygen atoms in total. The number of hydrogen-bond donors (Lipinski definition) is 2. The third-order valence-corrected chi connectivity index (χ3v) is 4.30. The molecule has 112 valence electrons. The topological polar surface area (TPSA) is 58.7 Å². The minimum Gasteiger partial charge on any atom is -0.394 e. The van der Waals surface area contributed by atoms with E-state index in [9.17, 15) is 5.11 Å². The van der Waals surface area contributed by atoms with Gasteiger partial charge < -0.3 is 20.5 Å². The summed E-state index contributed by atoms with van der Waals surface area (Å²) in [6.45, 7) is 2.92. The maximum absolute atomic E-state index is 9.70. The van der Waals surface area contributed by atoms with Crippen LogP contribution in [0, 0.1) is 0 Å². The first kappa shape index (κ1) is 15.4. The lowest BCUT2D eigenvalue weighted by Gasteiger charge is -2.35. The van der Waals surface area contributed by atoms with Crippen LogP contribution < -0.4 is 5.73 Å². The summed E-state index contributed by atoms with van der Waals surface area (Å²) >= 11 is 0. The first-order valence-electron chi connectivity index (χ1n) is 7.38. The molecule has 0 spiro atoms. The molecule has 1 heterocycles. The Morgan fingerprint density at radius 1 is 1.40 bits per heavy atom. The first-order valence-corrected chi connectivity index (χ1v) is 7.38. The van der Waals surface area contributed by atoms with Crippen molar-refractivity contribution in [1.29, 1.82) is 0 Å². The molecule has 2 rings (SSSR count). The minimum absolute atomic E-state index is 0.0292. The lowest BCUT2D eigenvalue weighted by molar-refractivity contribution is 0.0271. The van der Waals surface area contributed by atoms with Gasteiger partial charge in [-0.15, -0.1) is 0 Å². The van der Waals surface area contributed by atoms with Crippen molar-refractivity contribution in [3.8, 4) is 0 Å². The van der Waals surface area contributed by atoms with Gasteiger partial charge >= 0.3 is 0 Å². The zero-order valence-corrected chi connectivity index (χ0v) is 12.3. The van der Waals surface area contributed by atoms with Gasteiger partial charge in [0.2, 0.25) is 0 Å². The predicted molar refractivity (Wildman–Crippen MR) is 80.5 cm³/mol. The summed E-state index contributed by atoms with van der Waals surface area (Å²) in [5.74, 6) is 0. The Morgan fingerprint density at radius 2 is 2.15 bits per heavy atom. The molecule has 1 saturated heterocycles. The van der Waals surface area contributed by atoms with E-state index >= 15 is 0 Å². The van der Waals surface area contributed by atoms with E-state index < -0.39 is 5.54 Å². The SMILES string of the molecule is COC1CCCN(CCC(N)(CO)c2ccccc2)C1. The molecule has 0 bridgehead atoms. The molecule has 1 fully saturated rings. The first-order chi connectivity index (χ1) is 9.68. The van der Waals surface area contributed by atoms with Crippen molar-refractivity contribution < 1.29 is 9.84 Å². The van der Waals surface area contributed by atoms with E-state index in [1.165, 1.54) is 6.42 Å². The maximum Gasteiger partial charge on any atom is 0.0698 e. The van der Waals surface area contributed by atoms with Crippen LogP contribution in [0.2, 0.25) is 0 Å². The number of likely N-dealkylation sites (tertiary alicyclic amines) is 1. The Bertz CT molecular complexity index is 399. The Morgan fingerprint density at radius 3 is 2.80 bits per heavy atom. The summed E-state index contributed by atoms with van der Waals surface area (Å²) in [5, 5.41) is 9.70. The fourth-order valence-corrected chi connectivity index (χ4v) is 2.85. The van der Waals surface area contributed by atoms with Crippen LogP contribution in [0.5, 0.6) is 0 Å². The molecule has 1 aromatic carbocycles. The Hall–Kier alpha value is -0.940. The second-order valence-corrected chi connectivity index (χ2v) is 5.73. The number of aliphatic hydroxyl groups excluding tert-OH is 1. The monoisotopic (exact) mass is 278 g/mol. The second-order valence-electron chi connectivity index (χ2n) is 5.73. The van der Waals surface area contributed by atoms with Crippen molar-refractivity contribution in [1.82, 2.24) is 4.90 Å². The van der Waals surface area contributed by atoms with Gasteiger partial charge in [-0.25, -0.2) is 0 Å². The standard InChI is InChI=1S/C16H26N2O2/c1-20-15-8-5-10-18(12-15)11-9-16(17,13-19)14-6-3-2-4-7-14/h2-4,6-7,15,19H,5,8-13,17H2,1H3. The molecular weight excluding hydrogens is 252 g/mol. The molecule has 0 radical (unpaired) electrons. The van der Waals surface area contributed by atoms with Gasteiger partial charge in [0.25, 0.3) is 0 Å². The quantitative estimate of drug-likeness (QED) is 0.824. The number of benzene rings is 1. The Labute approximate surface area is 121 Å². The van der Waals surface area contributed by atoms with E-state index in [0.29, 0.717) is 6.10 Å². The van der Waals surface area contributed by atoms with Gasteiger partial charge in [-0.1, -0.05) is 30.3 Å². The van der Waals surface area contributed by atoms with Crippen molar-refractivity contribution in [2.24, 2.45) is 5.73 Å². The molecule has 1 aliphatic heterocycles. The van der Waals surface area contributed by atoms with E-state index in [4.69, 9.17) is 10.5 Å². The summed E-state index contributed by atoms with van der Waals surface area (Å²) < 4.78 is 5.44. The summed E-state index contributed by atoms with van der Waals surface area (Å²) in [7, 11) is 1.78.